The number of aromatic nitrogens is 4. The van der Waals surface area contributed by atoms with Crippen molar-refractivity contribution in [2.24, 2.45) is 0 Å². The molecule has 6 heteroatoms. The molecule has 112 valence electrons. The SMILES string of the molecule is Brc1nc2n(c1Br)CC/C=C/CCn1c-2nc2ccccc21. The molecule has 1 aromatic carbocycles. The van der Waals surface area contributed by atoms with Crippen LogP contribution in [0.3, 0.4) is 0 Å². The number of imidazole rings is 2. The first-order valence-electron chi connectivity index (χ1n) is 7.28. The average molecular weight is 422 g/mol. The van der Waals surface area contributed by atoms with Crippen LogP contribution in [0.1, 0.15) is 12.8 Å². The second-order valence-corrected chi connectivity index (χ2v) is 6.80. The summed E-state index contributed by atoms with van der Waals surface area (Å²) in [5.74, 6) is 1.84. The van der Waals surface area contributed by atoms with Gasteiger partial charge in [-0.15, -0.1) is 0 Å². The van der Waals surface area contributed by atoms with E-state index in [4.69, 9.17) is 4.98 Å². The summed E-state index contributed by atoms with van der Waals surface area (Å²) in [7, 11) is 0. The molecule has 3 heterocycles. The van der Waals surface area contributed by atoms with E-state index in [0.717, 1.165) is 57.8 Å². The smallest absolute Gasteiger partial charge is 0.178 e. The van der Waals surface area contributed by atoms with Crippen molar-refractivity contribution < 1.29 is 0 Å². The Bertz CT molecular complexity index is 876. The van der Waals surface area contributed by atoms with Crippen molar-refractivity contribution in [3.8, 4) is 11.6 Å². The number of rotatable bonds is 0. The van der Waals surface area contributed by atoms with Crippen molar-refractivity contribution in [1.82, 2.24) is 19.1 Å². The van der Waals surface area contributed by atoms with Gasteiger partial charge in [-0.3, -0.25) is 0 Å². The predicted molar refractivity (Wildman–Crippen MR) is 94.7 cm³/mol. The Hall–Kier alpha value is -1.40. The molecule has 3 aromatic rings. The molecule has 0 fully saturated rings. The quantitative estimate of drug-likeness (QED) is 0.490. The van der Waals surface area contributed by atoms with E-state index in [0.29, 0.717) is 0 Å². The van der Waals surface area contributed by atoms with Crippen LogP contribution >= 0.6 is 31.9 Å². The number of nitrogens with zero attached hydrogens (tertiary/aromatic N) is 4. The van der Waals surface area contributed by atoms with Crippen molar-refractivity contribution in [3.63, 3.8) is 0 Å². The Kier molecular flexibility index (Phi) is 3.66. The lowest BCUT2D eigenvalue weighted by molar-refractivity contribution is 0.668. The third-order valence-electron chi connectivity index (χ3n) is 3.93. The van der Waals surface area contributed by atoms with E-state index in [2.05, 4.69) is 76.3 Å². The number of para-hydroxylation sites is 2. The van der Waals surface area contributed by atoms with Crippen LogP contribution in [0.25, 0.3) is 22.7 Å². The van der Waals surface area contributed by atoms with Crippen molar-refractivity contribution >= 4 is 42.9 Å². The zero-order valence-corrected chi connectivity index (χ0v) is 15.0. The van der Waals surface area contributed by atoms with Crippen LogP contribution in [-0.2, 0) is 13.1 Å². The predicted octanol–water partition coefficient (Wildman–Crippen LogP) is 4.77. The first-order valence-corrected chi connectivity index (χ1v) is 8.86. The molecule has 0 radical (unpaired) electrons. The molecule has 0 aliphatic carbocycles. The molecule has 22 heavy (non-hydrogen) atoms. The number of hydrogen-bond acceptors (Lipinski definition) is 2. The highest BCUT2D eigenvalue weighted by Crippen LogP contribution is 2.32. The number of hydrogen-bond donors (Lipinski definition) is 0. The Balaban J connectivity index is 2.02. The first-order chi connectivity index (χ1) is 10.8. The molecule has 0 bridgehead atoms. The molecule has 2 aromatic heterocycles. The second-order valence-electron chi connectivity index (χ2n) is 5.29. The van der Waals surface area contributed by atoms with Gasteiger partial charge in [0.25, 0.3) is 0 Å². The van der Waals surface area contributed by atoms with Gasteiger partial charge in [0, 0.05) is 13.1 Å². The summed E-state index contributed by atoms with van der Waals surface area (Å²) in [5, 5.41) is 0. The Labute approximate surface area is 145 Å². The molecule has 1 aliphatic heterocycles. The van der Waals surface area contributed by atoms with Gasteiger partial charge < -0.3 is 9.13 Å². The highest BCUT2D eigenvalue weighted by atomic mass is 79.9. The fourth-order valence-electron chi connectivity index (χ4n) is 2.89. The molecule has 0 unspecified atom stereocenters. The van der Waals surface area contributed by atoms with Crippen LogP contribution in [0.15, 0.2) is 45.6 Å². The summed E-state index contributed by atoms with van der Waals surface area (Å²) in [5.41, 5.74) is 2.18. The summed E-state index contributed by atoms with van der Waals surface area (Å²) in [4.78, 5) is 9.52. The second kappa shape index (κ2) is 5.66. The van der Waals surface area contributed by atoms with Crippen LogP contribution in [0.5, 0.6) is 0 Å². The summed E-state index contributed by atoms with van der Waals surface area (Å²) in [6, 6.07) is 8.27. The van der Waals surface area contributed by atoms with E-state index < -0.39 is 0 Å². The molecule has 4 nitrogen and oxygen atoms in total. The molecule has 0 N–H and O–H groups in total. The van der Waals surface area contributed by atoms with E-state index >= 15 is 0 Å². The van der Waals surface area contributed by atoms with E-state index in [1.165, 1.54) is 0 Å². The van der Waals surface area contributed by atoms with Crippen LogP contribution in [0, 0.1) is 0 Å². The highest BCUT2D eigenvalue weighted by molar-refractivity contribution is 9.13. The first kappa shape index (κ1) is 14.2. The summed E-state index contributed by atoms with van der Waals surface area (Å²) in [6.07, 6.45) is 6.50. The normalized spacial score (nSPS) is 16.3. The largest absolute Gasteiger partial charge is 0.321 e. The number of allylic oxidation sites excluding steroid dienone is 2. The van der Waals surface area contributed by atoms with Crippen molar-refractivity contribution in [3.05, 3.63) is 45.6 Å². The van der Waals surface area contributed by atoms with E-state index in [-0.39, 0.29) is 0 Å². The lowest BCUT2D eigenvalue weighted by Gasteiger charge is -2.12. The Morgan fingerprint density at radius 2 is 1.55 bits per heavy atom. The van der Waals surface area contributed by atoms with Gasteiger partial charge in [0.15, 0.2) is 11.6 Å². The van der Waals surface area contributed by atoms with Crippen LogP contribution in [-0.4, -0.2) is 19.1 Å². The number of fused-ring (bicyclic) bond motifs is 5. The molecule has 4 rings (SSSR count). The van der Waals surface area contributed by atoms with Crippen molar-refractivity contribution in [2.45, 2.75) is 25.9 Å². The lowest BCUT2D eigenvalue weighted by Crippen LogP contribution is -2.07. The number of aryl methyl sites for hydroxylation is 1. The molecule has 0 saturated carbocycles. The Morgan fingerprint density at radius 3 is 2.36 bits per heavy atom. The van der Waals surface area contributed by atoms with Gasteiger partial charge in [0.05, 0.1) is 11.0 Å². The number of benzene rings is 1. The molecule has 0 amide bonds. The zero-order chi connectivity index (χ0) is 15.1. The van der Waals surface area contributed by atoms with E-state index in [9.17, 15) is 0 Å². The standard InChI is InChI=1S/C16H14Br2N4/c17-13-14(18)22-10-6-2-1-5-9-21-12-8-4-3-7-11(12)19-15(21)16(22)20-13/h1-4,7-8H,5-6,9-10H2/b2-1+. The van der Waals surface area contributed by atoms with E-state index in [1.807, 2.05) is 6.07 Å². The van der Waals surface area contributed by atoms with Crippen molar-refractivity contribution in [1.29, 1.82) is 0 Å². The van der Waals surface area contributed by atoms with Gasteiger partial charge in [0.2, 0.25) is 0 Å². The third kappa shape index (κ3) is 2.25. The molecule has 0 atom stereocenters. The summed E-state index contributed by atoms with van der Waals surface area (Å²) >= 11 is 7.16. The highest BCUT2D eigenvalue weighted by Gasteiger charge is 2.21. The van der Waals surface area contributed by atoms with Gasteiger partial charge >= 0.3 is 0 Å². The van der Waals surface area contributed by atoms with Gasteiger partial charge in [-0.25, -0.2) is 9.97 Å². The van der Waals surface area contributed by atoms with Gasteiger partial charge in [-0.1, -0.05) is 24.3 Å². The van der Waals surface area contributed by atoms with Gasteiger partial charge in [-0.05, 0) is 56.8 Å². The van der Waals surface area contributed by atoms with Crippen LogP contribution in [0.4, 0.5) is 0 Å². The molecule has 0 saturated heterocycles. The zero-order valence-electron chi connectivity index (χ0n) is 11.8. The molecular weight excluding hydrogens is 408 g/mol. The average Bonchev–Trinajstić information content (AvgIpc) is 3.03. The van der Waals surface area contributed by atoms with Gasteiger partial charge in [-0.2, -0.15) is 0 Å². The monoisotopic (exact) mass is 420 g/mol. The minimum absolute atomic E-state index is 0.823. The lowest BCUT2D eigenvalue weighted by atomic mass is 10.3. The fraction of sp³-hybridized carbons (Fsp3) is 0.250. The number of halogens is 2. The van der Waals surface area contributed by atoms with Gasteiger partial charge in [0.1, 0.15) is 9.21 Å². The Morgan fingerprint density at radius 1 is 0.864 bits per heavy atom. The van der Waals surface area contributed by atoms with Crippen LogP contribution < -0.4 is 0 Å². The molecule has 1 aliphatic rings. The maximum atomic E-state index is 4.84. The fourth-order valence-corrected chi connectivity index (χ4v) is 3.71. The van der Waals surface area contributed by atoms with Crippen LogP contribution in [0.2, 0.25) is 0 Å². The van der Waals surface area contributed by atoms with E-state index in [1.54, 1.807) is 0 Å². The maximum absolute atomic E-state index is 4.84. The molecular formula is C16H14Br2N4. The topological polar surface area (TPSA) is 35.6 Å². The summed E-state index contributed by atoms with van der Waals surface area (Å²) < 4.78 is 6.24. The molecule has 0 spiro atoms. The summed E-state index contributed by atoms with van der Waals surface area (Å²) in [6.45, 7) is 1.79. The minimum atomic E-state index is 0.823. The van der Waals surface area contributed by atoms with Crippen molar-refractivity contribution in [2.75, 3.05) is 0 Å². The maximum Gasteiger partial charge on any atom is 0.178 e. The minimum Gasteiger partial charge on any atom is -0.321 e. The third-order valence-corrected chi connectivity index (χ3v) is 5.82.